The molecule has 0 unspecified atom stereocenters. The first kappa shape index (κ1) is 33.5. The Morgan fingerprint density at radius 2 is 1.71 bits per heavy atom. The van der Waals surface area contributed by atoms with E-state index in [9.17, 15) is 37.1 Å². The number of carbonyl (C=O) groups is 3. The van der Waals surface area contributed by atoms with Crippen LogP contribution in [0.3, 0.4) is 0 Å². The smallest absolute Gasteiger partial charge is 0.394 e. The number of alkyl halides is 5. The summed E-state index contributed by atoms with van der Waals surface area (Å²) in [5.74, 6) is -6.69. The van der Waals surface area contributed by atoms with Crippen molar-refractivity contribution in [1.82, 2.24) is 29.8 Å². The lowest BCUT2D eigenvalue weighted by molar-refractivity contribution is -0.268. The fourth-order valence-electron chi connectivity index (χ4n) is 6.69. The van der Waals surface area contributed by atoms with Gasteiger partial charge in [0.1, 0.15) is 12.4 Å². The normalized spacial score (nSPS) is 21.8. The number of urea groups is 1. The second-order valence-electron chi connectivity index (χ2n) is 13.3. The molecule has 2 aliphatic heterocycles. The Bertz CT molecular complexity index is 1790. The molecule has 2 N–H and O–H groups in total. The maximum atomic E-state index is 15.6. The Morgan fingerprint density at radius 3 is 2.31 bits per heavy atom. The number of hydrogen-bond acceptors (Lipinski definition) is 6. The van der Waals surface area contributed by atoms with E-state index in [1.54, 1.807) is 20.0 Å². The quantitative estimate of drug-likeness (QED) is 0.276. The van der Waals surface area contributed by atoms with E-state index in [1.165, 1.54) is 53.2 Å². The number of halogens is 6. The molecule has 2 fully saturated rings. The second-order valence-corrected chi connectivity index (χ2v) is 13.3. The molecule has 256 valence electrons. The molecular formula is C32H32F6N6O4. The van der Waals surface area contributed by atoms with Gasteiger partial charge in [-0.3, -0.25) is 19.2 Å². The molecule has 1 aromatic heterocycles. The number of aromatic nitrogens is 2. The summed E-state index contributed by atoms with van der Waals surface area (Å²) in [6, 6.07) is 7.19. The third kappa shape index (κ3) is 5.21. The van der Waals surface area contributed by atoms with E-state index < -0.39 is 90.5 Å². The summed E-state index contributed by atoms with van der Waals surface area (Å²) >= 11 is 0. The molecule has 2 aromatic carbocycles. The van der Waals surface area contributed by atoms with Crippen LogP contribution in [0.4, 0.5) is 31.1 Å². The van der Waals surface area contributed by atoms with Gasteiger partial charge in [0.05, 0.1) is 24.8 Å². The van der Waals surface area contributed by atoms with Crippen LogP contribution in [0.25, 0.3) is 11.1 Å². The van der Waals surface area contributed by atoms with Gasteiger partial charge in [0.15, 0.2) is 11.1 Å². The summed E-state index contributed by atoms with van der Waals surface area (Å²) in [5.41, 5.74) is -5.51. The van der Waals surface area contributed by atoms with Gasteiger partial charge in [0, 0.05) is 37.0 Å². The van der Waals surface area contributed by atoms with Crippen LogP contribution in [0.15, 0.2) is 54.9 Å². The number of fused-ring (bicyclic) bond motifs is 2. The molecule has 10 nitrogen and oxygen atoms in total. The number of amides is 4. The lowest BCUT2D eigenvalue weighted by atomic mass is 9.86. The molecule has 2 saturated heterocycles. The van der Waals surface area contributed by atoms with E-state index in [2.05, 4.69) is 10.4 Å². The van der Waals surface area contributed by atoms with Crippen molar-refractivity contribution in [2.24, 2.45) is 0 Å². The lowest BCUT2D eigenvalue weighted by Gasteiger charge is -2.55. The third-order valence-electron chi connectivity index (χ3n) is 9.42. The zero-order chi connectivity index (χ0) is 35.0. The van der Waals surface area contributed by atoms with Gasteiger partial charge in [0.25, 0.3) is 11.8 Å². The van der Waals surface area contributed by atoms with Gasteiger partial charge in [-0.2, -0.15) is 18.3 Å². The van der Waals surface area contributed by atoms with Gasteiger partial charge < -0.3 is 20.2 Å². The first-order valence-corrected chi connectivity index (χ1v) is 15.0. The van der Waals surface area contributed by atoms with Gasteiger partial charge in [-0.05, 0) is 55.8 Å². The number of carbonyl (C=O) groups excluding carboxylic acids is 3. The van der Waals surface area contributed by atoms with Crippen molar-refractivity contribution >= 4 is 17.8 Å². The highest BCUT2D eigenvalue weighted by molar-refractivity contribution is 6.10. The first-order chi connectivity index (χ1) is 22.3. The molecule has 3 heterocycles. The Labute approximate surface area is 270 Å². The summed E-state index contributed by atoms with van der Waals surface area (Å²) in [5, 5.41) is 16.2. The van der Waals surface area contributed by atoms with Crippen LogP contribution >= 0.6 is 0 Å². The molecule has 1 atom stereocenters. The van der Waals surface area contributed by atoms with Crippen LogP contribution in [0.2, 0.25) is 0 Å². The van der Waals surface area contributed by atoms with Gasteiger partial charge in [-0.1, -0.05) is 24.3 Å². The second kappa shape index (κ2) is 11.1. The summed E-state index contributed by atoms with van der Waals surface area (Å²) in [6.45, 7) is 0.274. The molecular weight excluding hydrogens is 646 g/mol. The molecule has 0 radical (unpaired) electrons. The Hall–Kier alpha value is -4.44. The highest BCUT2D eigenvalue weighted by atomic mass is 19.4. The molecule has 48 heavy (non-hydrogen) atoms. The zero-order valence-electron chi connectivity index (χ0n) is 26.1. The fraction of sp³-hybridized carbons (Fsp3) is 0.438. The van der Waals surface area contributed by atoms with E-state index in [4.69, 9.17) is 0 Å². The highest BCUT2D eigenvalue weighted by Gasteiger charge is 2.67. The zero-order valence-corrected chi connectivity index (χ0v) is 26.1. The molecule has 0 saturated carbocycles. The van der Waals surface area contributed by atoms with Gasteiger partial charge in [-0.25, -0.2) is 18.0 Å². The molecule has 1 aliphatic carbocycles. The minimum absolute atomic E-state index is 0.169. The standard InChI is InChI=1S/C32H32F6N6O4/c1-28(2,18-45)44-13-21(11-39-44)20-6-9-23-24(10-20)31(34,35)15-30(23)26(47)42(27(48)40-30)14-25(46)43(12-19-4-7-22(33)8-5-19)29(32(36,37)38)16-41(3)17-29/h4-11,13,45H,12,14-18H2,1-3H3,(H,40,48)/t30-/m0/s1. The minimum Gasteiger partial charge on any atom is -0.394 e. The van der Waals surface area contributed by atoms with Crippen molar-refractivity contribution in [3.05, 3.63) is 77.4 Å². The number of imide groups is 1. The van der Waals surface area contributed by atoms with E-state index in [-0.39, 0.29) is 17.7 Å². The Kier molecular flexibility index (Phi) is 7.70. The van der Waals surface area contributed by atoms with Crippen molar-refractivity contribution in [3.63, 3.8) is 0 Å². The van der Waals surface area contributed by atoms with Crippen LogP contribution < -0.4 is 5.32 Å². The fourth-order valence-corrected chi connectivity index (χ4v) is 6.69. The van der Waals surface area contributed by atoms with E-state index in [0.29, 0.717) is 20.9 Å². The topological polar surface area (TPSA) is 111 Å². The highest BCUT2D eigenvalue weighted by Crippen LogP contribution is 2.53. The molecule has 3 aliphatic rings. The maximum absolute atomic E-state index is 15.6. The largest absolute Gasteiger partial charge is 0.414 e. The van der Waals surface area contributed by atoms with E-state index >= 15 is 8.78 Å². The predicted molar refractivity (Wildman–Crippen MR) is 158 cm³/mol. The van der Waals surface area contributed by atoms with Crippen LogP contribution in [0, 0.1) is 5.82 Å². The monoisotopic (exact) mass is 678 g/mol. The summed E-state index contributed by atoms with van der Waals surface area (Å²) < 4.78 is 90.0. The Morgan fingerprint density at radius 1 is 1.04 bits per heavy atom. The number of nitrogens with zero attached hydrogens (tertiary/aromatic N) is 5. The van der Waals surface area contributed by atoms with Crippen molar-refractivity contribution in [3.8, 4) is 11.1 Å². The number of hydrogen-bond donors (Lipinski definition) is 2. The number of nitrogens with one attached hydrogen (secondary N) is 1. The molecule has 3 aromatic rings. The lowest BCUT2D eigenvalue weighted by Crippen LogP contribution is -2.77. The number of benzene rings is 2. The summed E-state index contributed by atoms with van der Waals surface area (Å²) in [7, 11) is 1.43. The van der Waals surface area contributed by atoms with Gasteiger partial charge in [-0.15, -0.1) is 0 Å². The Balaban J connectivity index is 1.31. The van der Waals surface area contributed by atoms with Crippen LogP contribution in [-0.2, 0) is 33.1 Å². The number of aliphatic hydroxyl groups is 1. The molecule has 0 bridgehead atoms. The van der Waals surface area contributed by atoms with Crippen LogP contribution in [0.5, 0.6) is 0 Å². The summed E-state index contributed by atoms with van der Waals surface area (Å²) in [4.78, 5) is 43.0. The SMILES string of the molecule is CN1CC(N(Cc2ccc(F)cc2)C(=O)CN2C(=O)N[C@]3(CC(F)(F)c4cc(-c5cnn(C(C)(C)CO)c5)ccc43)C2=O)(C(F)(F)F)C1. The minimum atomic E-state index is -4.91. The van der Waals surface area contributed by atoms with Crippen LogP contribution in [-0.4, -0.2) is 92.4 Å². The predicted octanol–water partition coefficient (Wildman–Crippen LogP) is 3.93. The number of rotatable bonds is 8. The van der Waals surface area contributed by atoms with Crippen molar-refractivity contribution in [2.75, 3.05) is 33.3 Å². The molecule has 6 rings (SSSR count). The van der Waals surface area contributed by atoms with E-state index in [0.717, 1.165) is 12.1 Å². The molecule has 1 spiro atoms. The number of likely N-dealkylation sites (N-methyl/N-ethyl adjacent to an activating group) is 1. The average molecular weight is 679 g/mol. The van der Waals surface area contributed by atoms with E-state index in [1.807, 2.05) is 0 Å². The maximum Gasteiger partial charge on any atom is 0.414 e. The van der Waals surface area contributed by atoms with Gasteiger partial charge in [0.2, 0.25) is 5.91 Å². The van der Waals surface area contributed by atoms with Crippen molar-refractivity contribution < 1.29 is 45.8 Å². The van der Waals surface area contributed by atoms with Crippen molar-refractivity contribution in [2.45, 2.75) is 55.5 Å². The van der Waals surface area contributed by atoms with Crippen molar-refractivity contribution in [1.29, 1.82) is 0 Å². The number of likely N-dealkylation sites (tertiary alicyclic amines) is 1. The molecule has 4 amide bonds. The first-order valence-electron chi connectivity index (χ1n) is 15.0. The van der Waals surface area contributed by atoms with Crippen LogP contribution in [0.1, 0.15) is 37.0 Å². The molecule has 16 heteroatoms. The summed E-state index contributed by atoms with van der Waals surface area (Å²) in [6.07, 6.45) is -3.07. The van der Waals surface area contributed by atoms with Gasteiger partial charge >= 0.3 is 12.2 Å². The third-order valence-corrected chi connectivity index (χ3v) is 9.42. The number of aliphatic hydroxyl groups excluding tert-OH is 1. The average Bonchev–Trinajstić information content (AvgIpc) is 3.65.